The Labute approximate surface area is 151 Å². The molecule has 4 heterocycles. The SMILES string of the molecule is CC(C)(O)CN1CCN(c2cc3nc(-c4ccco4)nn3c(N)n2)CC1. The molecule has 0 spiro atoms. The molecule has 9 heteroatoms. The van der Waals surface area contributed by atoms with Crippen LogP contribution >= 0.6 is 0 Å². The Bertz CT molecular complexity index is 890. The highest BCUT2D eigenvalue weighted by atomic mass is 16.3. The first-order valence-electron chi connectivity index (χ1n) is 8.66. The summed E-state index contributed by atoms with van der Waals surface area (Å²) in [6, 6.07) is 5.49. The van der Waals surface area contributed by atoms with Gasteiger partial charge in [0.05, 0.1) is 11.9 Å². The van der Waals surface area contributed by atoms with Gasteiger partial charge in [0.15, 0.2) is 11.4 Å². The van der Waals surface area contributed by atoms with E-state index < -0.39 is 5.60 Å². The van der Waals surface area contributed by atoms with Crippen LogP contribution < -0.4 is 10.6 Å². The van der Waals surface area contributed by atoms with E-state index in [4.69, 9.17) is 10.2 Å². The van der Waals surface area contributed by atoms with Crippen LogP contribution in [-0.2, 0) is 0 Å². The molecule has 9 nitrogen and oxygen atoms in total. The summed E-state index contributed by atoms with van der Waals surface area (Å²) in [5, 5.41) is 14.3. The molecule has 0 atom stereocenters. The van der Waals surface area contributed by atoms with Gasteiger partial charge >= 0.3 is 0 Å². The van der Waals surface area contributed by atoms with Gasteiger partial charge in [-0.1, -0.05) is 0 Å². The number of fused-ring (bicyclic) bond motifs is 1. The Morgan fingerprint density at radius 3 is 2.65 bits per heavy atom. The van der Waals surface area contributed by atoms with Crippen molar-refractivity contribution in [2.75, 3.05) is 43.4 Å². The number of aromatic nitrogens is 4. The second-order valence-electron chi connectivity index (χ2n) is 7.23. The van der Waals surface area contributed by atoms with E-state index in [9.17, 15) is 5.11 Å². The summed E-state index contributed by atoms with van der Waals surface area (Å²) in [6.07, 6.45) is 1.58. The largest absolute Gasteiger partial charge is 0.461 e. The second kappa shape index (κ2) is 6.26. The third-order valence-corrected chi connectivity index (χ3v) is 4.38. The Morgan fingerprint density at radius 1 is 1.23 bits per heavy atom. The molecule has 0 aliphatic carbocycles. The van der Waals surface area contributed by atoms with Gasteiger partial charge in [0.25, 0.3) is 0 Å². The van der Waals surface area contributed by atoms with E-state index in [-0.39, 0.29) is 0 Å². The van der Waals surface area contributed by atoms with E-state index in [0.717, 1.165) is 32.0 Å². The van der Waals surface area contributed by atoms with Gasteiger partial charge < -0.3 is 20.2 Å². The number of nitrogens with two attached hydrogens (primary N) is 1. The molecule has 1 saturated heterocycles. The quantitative estimate of drug-likeness (QED) is 0.708. The molecule has 3 aromatic rings. The van der Waals surface area contributed by atoms with Crippen LogP contribution in [0.3, 0.4) is 0 Å². The number of β-amino-alcohol motifs (C(OH)–C–C–N with tert-alkyl or cyclic N) is 1. The number of piperazine rings is 1. The molecule has 3 aromatic heterocycles. The number of nitrogens with zero attached hydrogens (tertiary/aromatic N) is 6. The van der Waals surface area contributed by atoms with Crippen LogP contribution in [-0.4, -0.2) is 67.9 Å². The van der Waals surface area contributed by atoms with Crippen molar-refractivity contribution < 1.29 is 9.52 Å². The average molecular weight is 357 g/mol. The van der Waals surface area contributed by atoms with Gasteiger partial charge in [0.1, 0.15) is 5.82 Å². The van der Waals surface area contributed by atoms with Crippen LogP contribution in [0.4, 0.5) is 11.8 Å². The molecule has 3 N–H and O–H groups in total. The normalized spacial score (nSPS) is 16.5. The fourth-order valence-corrected chi connectivity index (χ4v) is 3.25. The molecule has 0 amide bonds. The van der Waals surface area contributed by atoms with Crippen LogP contribution in [0.25, 0.3) is 17.2 Å². The van der Waals surface area contributed by atoms with Crippen LogP contribution in [0.1, 0.15) is 13.8 Å². The van der Waals surface area contributed by atoms with Crippen molar-refractivity contribution in [3.63, 3.8) is 0 Å². The summed E-state index contributed by atoms with van der Waals surface area (Å²) >= 11 is 0. The lowest BCUT2D eigenvalue weighted by Crippen LogP contribution is -2.50. The van der Waals surface area contributed by atoms with Gasteiger partial charge in [-0.3, -0.25) is 4.90 Å². The first-order chi connectivity index (χ1) is 12.4. The number of aliphatic hydroxyl groups is 1. The van der Waals surface area contributed by atoms with Crippen LogP contribution in [0.2, 0.25) is 0 Å². The molecule has 26 heavy (non-hydrogen) atoms. The molecule has 1 aliphatic rings. The first kappa shape index (κ1) is 16.8. The lowest BCUT2D eigenvalue weighted by molar-refractivity contribution is 0.0344. The number of anilines is 2. The third kappa shape index (κ3) is 3.35. The number of hydrogen-bond donors (Lipinski definition) is 2. The summed E-state index contributed by atoms with van der Waals surface area (Å²) < 4.78 is 6.87. The molecule has 0 saturated carbocycles. The van der Waals surface area contributed by atoms with Gasteiger partial charge in [-0.25, -0.2) is 4.98 Å². The van der Waals surface area contributed by atoms with E-state index in [2.05, 4.69) is 24.9 Å². The topological polar surface area (TPSA) is 109 Å². The summed E-state index contributed by atoms with van der Waals surface area (Å²) in [5.74, 6) is 2.16. The molecular weight excluding hydrogens is 334 g/mol. The zero-order valence-corrected chi connectivity index (χ0v) is 15.0. The van der Waals surface area contributed by atoms with Crippen molar-refractivity contribution >= 4 is 17.4 Å². The smallest absolute Gasteiger partial charge is 0.225 e. The maximum absolute atomic E-state index is 9.98. The van der Waals surface area contributed by atoms with E-state index in [1.165, 1.54) is 4.52 Å². The van der Waals surface area contributed by atoms with Gasteiger partial charge in [-0.2, -0.15) is 9.50 Å². The second-order valence-corrected chi connectivity index (χ2v) is 7.23. The third-order valence-electron chi connectivity index (χ3n) is 4.38. The van der Waals surface area contributed by atoms with E-state index in [1.807, 2.05) is 19.9 Å². The van der Waals surface area contributed by atoms with E-state index in [1.54, 1.807) is 18.4 Å². The van der Waals surface area contributed by atoms with Crippen molar-refractivity contribution in [1.29, 1.82) is 0 Å². The summed E-state index contributed by atoms with van der Waals surface area (Å²) in [7, 11) is 0. The van der Waals surface area contributed by atoms with Crippen LogP contribution in [0.15, 0.2) is 28.9 Å². The fraction of sp³-hybridized carbons (Fsp3) is 0.471. The van der Waals surface area contributed by atoms with Crippen molar-refractivity contribution in [2.45, 2.75) is 19.4 Å². The highest BCUT2D eigenvalue weighted by Gasteiger charge is 2.24. The van der Waals surface area contributed by atoms with Gasteiger partial charge in [-0.05, 0) is 26.0 Å². The minimum absolute atomic E-state index is 0.293. The molecule has 1 fully saturated rings. The highest BCUT2D eigenvalue weighted by Crippen LogP contribution is 2.22. The van der Waals surface area contributed by atoms with Crippen molar-refractivity contribution in [3.05, 3.63) is 24.5 Å². The molecular formula is C17H23N7O2. The standard InChI is InChI=1S/C17H23N7O2/c1-17(2,25)11-22-5-7-23(8-6-22)13-10-14-19-15(12-4-3-9-26-12)21-24(14)16(18)20-13/h3-4,9-10,25H,5-8,11H2,1-2H3,(H2,18,20). The Hall–Kier alpha value is -2.65. The lowest BCUT2D eigenvalue weighted by atomic mass is 10.1. The van der Waals surface area contributed by atoms with Crippen molar-refractivity contribution in [2.24, 2.45) is 0 Å². The summed E-state index contributed by atoms with van der Waals surface area (Å²) in [5.41, 5.74) is 6.04. The van der Waals surface area contributed by atoms with Gasteiger partial charge in [0.2, 0.25) is 11.8 Å². The summed E-state index contributed by atoms with van der Waals surface area (Å²) in [4.78, 5) is 13.4. The minimum Gasteiger partial charge on any atom is -0.461 e. The van der Waals surface area contributed by atoms with Crippen molar-refractivity contribution in [3.8, 4) is 11.6 Å². The first-order valence-corrected chi connectivity index (χ1v) is 8.66. The highest BCUT2D eigenvalue weighted by molar-refractivity contribution is 5.59. The predicted octanol–water partition coefficient (Wildman–Crippen LogP) is 0.859. The summed E-state index contributed by atoms with van der Waals surface area (Å²) in [6.45, 7) is 7.68. The van der Waals surface area contributed by atoms with E-state index in [0.29, 0.717) is 29.7 Å². The molecule has 0 unspecified atom stereocenters. The Morgan fingerprint density at radius 2 is 2.00 bits per heavy atom. The number of furan rings is 1. The monoisotopic (exact) mass is 357 g/mol. The van der Waals surface area contributed by atoms with E-state index >= 15 is 0 Å². The zero-order chi connectivity index (χ0) is 18.3. The average Bonchev–Trinajstić information content (AvgIpc) is 3.23. The predicted molar refractivity (Wildman–Crippen MR) is 97.8 cm³/mol. The molecule has 0 bridgehead atoms. The molecule has 138 valence electrons. The lowest BCUT2D eigenvalue weighted by Gasteiger charge is -2.37. The molecule has 1 aliphatic heterocycles. The van der Waals surface area contributed by atoms with Crippen LogP contribution in [0, 0.1) is 0 Å². The Balaban J connectivity index is 1.54. The fourth-order valence-electron chi connectivity index (χ4n) is 3.25. The van der Waals surface area contributed by atoms with Gasteiger partial charge in [-0.15, -0.1) is 5.10 Å². The molecule has 4 rings (SSSR count). The minimum atomic E-state index is -0.687. The zero-order valence-electron chi connectivity index (χ0n) is 15.0. The number of rotatable bonds is 4. The maximum Gasteiger partial charge on any atom is 0.225 e. The van der Waals surface area contributed by atoms with Crippen LogP contribution in [0.5, 0.6) is 0 Å². The maximum atomic E-state index is 9.98. The molecule has 0 radical (unpaired) electrons. The molecule has 0 aromatic carbocycles. The van der Waals surface area contributed by atoms with Gasteiger partial charge in [0, 0.05) is 38.8 Å². The van der Waals surface area contributed by atoms with Crippen molar-refractivity contribution in [1.82, 2.24) is 24.5 Å². The Kier molecular flexibility index (Phi) is 4.04. The number of nitrogen functional groups attached to an aromatic ring is 1. The number of hydrogen-bond acceptors (Lipinski definition) is 8.